The summed E-state index contributed by atoms with van der Waals surface area (Å²) in [6, 6.07) is 43.5. The van der Waals surface area contributed by atoms with E-state index in [9.17, 15) is 9.93 Å². The Balaban J connectivity index is 1.51. The van der Waals surface area contributed by atoms with Crippen LogP contribution in [0.4, 0.5) is 0 Å². The molecular formula is C36H22BN3O3. The van der Waals surface area contributed by atoms with Gasteiger partial charge in [0.2, 0.25) is 0 Å². The predicted molar refractivity (Wildman–Crippen MR) is 176 cm³/mol. The van der Waals surface area contributed by atoms with Crippen molar-refractivity contribution < 1.29 is 9.44 Å². The number of furan rings is 1. The molecule has 3 heterocycles. The standard InChI is InChI=1S/C36H22BN3O3/c41-37(38-42)29-16-8-14-27-28-15-9-19-32(36(28)43-35(27)29)40-31-18-7-5-13-24(31)26-21-20-25-23-12-4-6-17-30(23)39(33(25)34(26)40)22-10-2-1-3-11-22/h1-21,41H. The lowest BCUT2D eigenvalue weighted by Gasteiger charge is -2.12. The van der Waals surface area contributed by atoms with Gasteiger partial charge < -0.3 is 18.6 Å². The van der Waals surface area contributed by atoms with Crippen molar-refractivity contribution in [1.82, 2.24) is 9.13 Å². The fourth-order valence-corrected chi connectivity index (χ4v) is 6.86. The van der Waals surface area contributed by atoms with Crippen LogP contribution in [-0.4, -0.2) is 21.2 Å². The van der Waals surface area contributed by atoms with Crippen LogP contribution >= 0.6 is 0 Å². The molecule has 0 aliphatic carbocycles. The minimum absolute atomic E-state index is 0.350. The second-order valence-electron chi connectivity index (χ2n) is 10.9. The van der Waals surface area contributed by atoms with Gasteiger partial charge in [-0.05, 0) is 30.3 Å². The third-order valence-electron chi connectivity index (χ3n) is 8.64. The van der Waals surface area contributed by atoms with Gasteiger partial charge in [-0.15, -0.1) is 0 Å². The summed E-state index contributed by atoms with van der Waals surface area (Å²) < 4.78 is 11.2. The Morgan fingerprint density at radius 3 is 1.79 bits per heavy atom. The van der Waals surface area contributed by atoms with Crippen molar-refractivity contribution in [3.8, 4) is 11.4 Å². The molecule has 7 heteroatoms. The SMILES string of the molecule is O=NB(O)c1cccc2c1oc1c(-n3c4ccccc4c4ccc5c6ccccc6n(-c6ccccc6)c5c43)cccc12. The zero-order valence-corrected chi connectivity index (χ0v) is 22.8. The van der Waals surface area contributed by atoms with Crippen molar-refractivity contribution in [2.45, 2.75) is 0 Å². The van der Waals surface area contributed by atoms with Gasteiger partial charge in [0.05, 0.1) is 27.8 Å². The van der Waals surface area contributed by atoms with Crippen LogP contribution in [0.3, 0.4) is 0 Å². The van der Waals surface area contributed by atoms with E-state index in [1.807, 2.05) is 30.3 Å². The summed E-state index contributed by atoms with van der Waals surface area (Å²) in [4.78, 5) is 11.3. The van der Waals surface area contributed by atoms with Crippen LogP contribution in [0.25, 0.3) is 76.9 Å². The predicted octanol–water partition coefficient (Wildman–Crippen LogP) is 8.23. The number of hydrogen-bond acceptors (Lipinski definition) is 4. The van der Waals surface area contributed by atoms with E-state index < -0.39 is 7.05 Å². The zero-order chi connectivity index (χ0) is 28.7. The molecule has 9 aromatic rings. The molecule has 6 aromatic carbocycles. The third kappa shape index (κ3) is 3.22. The molecule has 6 nitrogen and oxygen atoms in total. The topological polar surface area (TPSA) is 72.7 Å². The van der Waals surface area contributed by atoms with Crippen LogP contribution < -0.4 is 5.46 Å². The van der Waals surface area contributed by atoms with Crippen molar-refractivity contribution >= 4 is 78.1 Å². The highest BCUT2D eigenvalue weighted by atomic mass is 16.3. The minimum atomic E-state index is -1.51. The maximum atomic E-state index is 11.3. The lowest BCUT2D eigenvalue weighted by atomic mass is 9.75. The van der Waals surface area contributed by atoms with Crippen molar-refractivity contribution in [2.24, 2.45) is 5.09 Å². The number of nitroso groups, excluding NO2 is 1. The van der Waals surface area contributed by atoms with Gasteiger partial charge in [0.15, 0.2) is 5.58 Å². The molecule has 9 rings (SSSR count). The van der Waals surface area contributed by atoms with Gasteiger partial charge in [0.25, 0.3) is 0 Å². The summed E-state index contributed by atoms with van der Waals surface area (Å²) in [6.45, 7) is 0. The van der Waals surface area contributed by atoms with Crippen LogP contribution in [0.1, 0.15) is 0 Å². The molecular weight excluding hydrogens is 533 g/mol. The number of hydrogen-bond donors (Lipinski definition) is 1. The minimum Gasteiger partial charge on any atom is -0.454 e. The lowest BCUT2D eigenvalue weighted by molar-refractivity contribution is 0.586. The zero-order valence-electron chi connectivity index (χ0n) is 22.8. The number of nitrogens with zero attached hydrogens (tertiary/aromatic N) is 3. The Morgan fingerprint density at radius 1 is 0.535 bits per heavy atom. The number of rotatable bonds is 4. The summed E-state index contributed by atoms with van der Waals surface area (Å²) in [5.74, 6) is 0. The summed E-state index contributed by atoms with van der Waals surface area (Å²) in [7, 11) is -1.51. The summed E-state index contributed by atoms with van der Waals surface area (Å²) in [5, 5.41) is 19.6. The Labute approximate surface area is 245 Å². The van der Waals surface area contributed by atoms with E-state index >= 15 is 0 Å². The highest BCUT2D eigenvalue weighted by Gasteiger charge is 2.25. The van der Waals surface area contributed by atoms with Gasteiger partial charge in [-0.25, -0.2) is 0 Å². The maximum absolute atomic E-state index is 11.3. The molecule has 202 valence electrons. The number of benzene rings is 6. The normalized spacial score (nSPS) is 11.9. The molecule has 0 fully saturated rings. The smallest absolute Gasteiger partial charge is 0.454 e. The van der Waals surface area contributed by atoms with Crippen molar-refractivity contribution in [2.75, 3.05) is 0 Å². The second kappa shape index (κ2) is 8.92. The second-order valence-corrected chi connectivity index (χ2v) is 10.9. The van der Waals surface area contributed by atoms with E-state index in [4.69, 9.17) is 4.42 Å². The summed E-state index contributed by atoms with van der Waals surface area (Å²) in [5.41, 5.74) is 7.80. The van der Waals surface area contributed by atoms with Crippen LogP contribution in [0, 0.1) is 4.91 Å². The van der Waals surface area contributed by atoms with Crippen molar-refractivity contribution in [1.29, 1.82) is 0 Å². The average Bonchev–Trinajstić information content (AvgIpc) is 3.72. The monoisotopic (exact) mass is 555 g/mol. The Hall–Kier alpha value is -5.66. The number of aromatic nitrogens is 2. The fraction of sp³-hybridized carbons (Fsp3) is 0. The van der Waals surface area contributed by atoms with Gasteiger partial charge in [-0.1, -0.05) is 102 Å². The largest absolute Gasteiger partial charge is 0.521 e. The summed E-state index contributed by atoms with van der Waals surface area (Å²) >= 11 is 0. The van der Waals surface area contributed by atoms with Crippen LogP contribution in [0.2, 0.25) is 0 Å². The Bertz CT molecular complexity index is 2560. The van der Waals surface area contributed by atoms with Gasteiger partial charge >= 0.3 is 7.05 Å². The van der Waals surface area contributed by atoms with E-state index in [1.165, 1.54) is 5.39 Å². The molecule has 43 heavy (non-hydrogen) atoms. The molecule has 0 aliphatic heterocycles. The first kappa shape index (κ1) is 24.0. The molecule has 0 saturated heterocycles. The molecule has 0 saturated carbocycles. The van der Waals surface area contributed by atoms with Crippen molar-refractivity contribution in [3.63, 3.8) is 0 Å². The van der Waals surface area contributed by atoms with Crippen LogP contribution in [0.15, 0.2) is 137 Å². The highest BCUT2D eigenvalue weighted by Crippen LogP contribution is 2.43. The quantitative estimate of drug-likeness (QED) is 0.176. The molecule has 0 aliphatic rings. The fourth-order valence-electron chi connectivity index (χ4n) is 6.86. The molecule has 3 aromatic heterocycles. The lowest BCUT2D eigenvalue weighted by Crippen LogP contribution is -2.27. The van der Waals surface area contributed by atoms with Crippen LogP contribution in [0.5, 0.6) is 0 Å². The number of fused-ring (bicyclic) bond motifs is 10. The van der Waals surface area contributed by atoms with Crippen LogP contribution in [-0.2, 0) is 0 Å². The first-order chi connectivity index (χ1) is 21.2. The van der Waals surface area contributed by atoms with E-state index in [0.717, 1.165) is 60.4 Å². The van der Waals surface area contributed by atoms with E-state index in [-0.39, 0.29) is 0 Å². The van der Waals surface area contributed by atoms with E-state index in [1.54, 1.807) is 6.07 Å². The number of para-hydroxylation sites is 5. The molecule has 0 amide bonds. The Kier molecular flexibility index (Phi) is 4.98. The maximum Gasteiger partial charge on any atom is 0.521 e. The third-order valence-corrected chi connectivity index (χ3v) is 8.64. The molecule has 0 bridgehead atoms. The summed E-state index contributed by atoms with van der Waals surface area (Å²) in [6.07, 6.45) is 0. The van der Waals surface area contributed by atoms with Gasteiger partial charge in [-0.2, -0.15) is 4.91 Å². The highest BCUT2D eigenvalue weighted by molar-refractivity contribution is 6.67. The average molecular weight is 555 g/mol. The van der Waals surface area contributed by atoms with E-state index in [2.05, 4.69) is 105 Å². The van der Waals surface area contributed by atoms with Gasteiger partial charge in [0.1, 0.15) is 5.58 Å². The molecule has 0 radical (unpaired) electrons. The first-order valence-electron chi connectivity index (χ1n) is 14.2. The molecule has 0 unspecified atom stereocenters. The van der Waals surface area contributed by atoms with Gasteiger partial charge in [-0.3, -0.25) is 0 Å². The van der Waals surface area contributed by atoms with E-state index in [0.29, 0.717) is 16.6 Å². The van der Waals surface area contributed by atoms with Gasteiger partial charge in [0, 0.05) is 43.5 Å². The molecule has 0 spiro atoms. The Morgan fingerprint density at radius 2 is 1.09 bits per heavy atom. The molecule has 1 N–H and O–H groups in total. The molecule has 0 atom stereocenters. The van der Waals surface area contributed by atoms with Crippen molar-refractivity contribution in [3.05, 3.63) is 132 Å². The first-order valence-corrected chi connectivity index (χ1v) is 14.2.